The van der Waals surface area contributed by atoms with Crippen molar-refractivity contribution in [1.82, 2.24) is 19.8 Å². The van der Waals surface area contributed by atoms with E-state index in [1.165, 1.54) is 22.5 Å². The number of β-amino-alcohol motifs (C(OH)–C–C–N with tert-alkyl or cyclic N) is 1. The van der Waals surface area contributed by atoms with Crippen molar-refractivity contribution >= 4 is 15.8 Å². The van der Waals surface area contributed by atoms with Gasteiger partial charge in [0.2, 0.25) is 10.0 Å². The summed E-state index contributed by atoms with van der Waals surface area (Å²) in [6, 6.07) is 2.18. The molecule has 27 heavy (non-hydrogen) atoms. The zero-order chi connectivity index (χ0) is 19.1. The summed E-state index contributed by atoms with van der Waals surface area (Å²) in [7, 11) is -3.25. The maximum Gasteiger partial charge on any atom is 0.211 e. The van der Waals surface area contributed by atoms with Crippen molar-refractivity contribution in [3.63, 3.8) is 0 Å². The van der Waals surface area contributed by atoms with Crippen LogP contribution >= 0.6 is 0 Å². The van der Waals surface area contributed by atoms with Gasteiger partial charge in [-0.2, -0.15) is 9.40 Å². The number of nitrogens with one attached hydrogen (secondary N) is 1. The van der Waals surface area contributed by atoms with Crippen molar-refractivity contribution in [1.29, 1.82) is 0 Å². The first-order chi connectivity index (χ1) is 12.8. The van der Waals surface area contributed by atoms with Crippen LogP contribution in [-0.2, 0) is 22.9 Å². The summed E-state index contributed by atoms with van der Waals surface area (Å²) in [6.45, 7) is 3.80. The summed E-state index contributed by atoms with van der Waals surface area (Å²) in [5.41, 5.74) is 1.52. The molecule has 0 bridgehead atoms. The molecule has 1 aliphatic carbocycles. The van der Waals surface area contributed by atoms with Crippen LogP contribution in [0.5, 0.6) is 0 Å². The van der Waals surface area contributed by atoms with Crippen LogP contribution in [0.1, 0.15) is 30.5 Å². The van der Waals surface area contributed by atoms with Gasteiger partial charge >= 0.3 is 0 Å². The lowest BCUT2D eigenvalue weighted by Crippen LogP contribution is -2.57. The lowest BCUT2D eigenvalue weighted by molar-refractivity contribution is -0.00713. The van der Waals surface area contributed by atoms with Gasteiger partial charge in [-0.15, -0.1) is 5.10 Å². The van der Waals surface area contributed by atoms with Crippen LogP contribution in [0.25, 0.3) is 0 Å². The van der Waals surface area contributed by atoms with Crippen molar-refractivity contribution in [3.05, 3.63) is 17.3 Å². The van der Waals surface area contributed by atoms with E-state index in [0.717, 1.165) is 44.0 Å². The van der Waals surface area contributed by atoms with Crippen molar-refractivity contribution in [2.24, 2.45) is 5.92 Å². The number of nitrogens with zero attached hydrogens (tertiary/aromatic N) is 4. The van der Waals surface area contributed by atoms with Gasteiger partial charge < -0.3 is 15.3 Å². The molecule has 0 aromatic carbocycles. The van der Waals surface area contributed by atoms with E-state index in [0.29, 0.717) is 31.8 Å². The summed E-state index contributed by atoms with van der Waals surface area (Å²) >= 11 is 0. The Kier molecular flexibility index (Phi) is 5.13. The highest BCUT2D eigenvalue weighted by Gasteiger charge is 2.37. The van der Waals surface area contributed by atoms with Gasteiger partial charge in [0.05, 0.1) is 17.6 Å². The van der Waals surface area contributed by atoms with Gasteiger partial charge in [-0.05, 0) is 43.7 Å². The van der Waals surface area contributed by atoms with E-state index >= 15 is 0 Å². The second-order valence-electron chi connectivity index (χ2n) is 8.35. The number of rotatable bonds is 6. The molecule has 0 saturated carbocycles. The monoisotopic (exact) mass is 395 g/mol. The lowest BCUT2D eigenvalue weighted by atomic mass is 9.93. The van der Waals surface area contributed by atoms with Crippen molar-refractivity contribution in [2.75, 3.05) is 50.4 Å². The Hall–Kier alpha value is -1.29. The normalized spacial score (nSPS) is 26.8. The van der Waals surface area contributed by atoms with Crippen LogP contribution in [0.3, 0.4) is 0 Å². The molecule has 1 atom stereocenters. The first-order valence-corrected chi connectivity index (χ1v) is 11.7. The summed E-state index contributed by atoms with van der Waals surface area (Å²) in [5.74, 6) is 1.49. The maximum absolute atomic E-state index is 11.7. The fraction of sp³-hybridized carbons (Fsp3) is 0.778. The Bertz CT molecular complexity index is 796. The number of anilines is 1. The van der Waals surface area contributed by atoms with Gasteiger partial charge in [0, 0.05) is 45.2 Å². The summed E-state index contributed by atoms with van der Waals surface area (Å²) in [6.07, 6.45) is 5.87. The number of aryl methyl sites for hydroxylation is 2. The lowest BCUT2D eigenvalue weighted by Gasteiger charge is -2.41. The van der Waals surface area contributed by atoms with Gasteiger partial charge in [0.15, 0.2) is 5.82 Å². The molecule has 2 fully saturated rings. The largest absolute Gasteiger partial charge is 0.387 e. The zero-order valence-corrected chi connectivity index (χ0v) is 16.7. The van der Waals surface area contributed by atoms with Crippen molar-refractivity contribution in [3.8, 4) is 0 Å². The second kappa shape index (κ2) is 7.27. The van der Waals surface area contributed by atoms with E-state index in [1.807, 2.05) is 0 Å². The summed E-state index contributed by atoms with van der Waals surface area (Å²) in [5, 5.41) is 22.8. The predicted molar refractivity (Wildman–Crippen MR) is 103 cm³/mol. The molecule has 9 heteroatoms. The molecule has 1 aromatic rings. The van der Waals surface area contributed by atoms with Gasteiger partial charge in [0.25, 0.3) is 0 Å². The minimum Gasteiger partial charge on any atom is -0.387 e. The molecule has 2 aliphatic heterocycles. The Morgan fingerprint density at radius 2 is 2.11 bits per heavy atom. The maximum atomic E-state index is 11.7. The molecule has 4 rings (SSSR count). The number of aromatic nitrogens is 2. The minimum absolute atomic E-state index is 0.181. The third-order valence-corrected chi connectivity index (χ3v) is 7.21. The van der Waals surface area contributed by atoms with Crippen LogP contribution in [0.4, 0.5) is 5.82 Å². The van der Waals surface area contributed by atoms with Gasteiger partial charge in [0.1, 0.15) is 0 Å². The van der Waals surface area contributed by atoms with Gasteiger partial charge in [-0.1, -0.05) is 0 Å². The van der Waals surface area contributed by atoms with E-state index in [-0.39, 0.29) is 6.54 Å². The molecule has 3 heterocycles. The highest BCUT2D eigenvalue weighted by atomic mass is 32.2. The van der Waals surface area contributed by atoms with Gasteiger partial charge in [-0.3, -0.25) is 0 Å². The number of aliphatic hydroxyl groups is 1. The Balaban J connectivity index is 1.22. The molecule has 1 aromatic heterocycles. The average Bonchev–Trinajstić information content (AvgIpc) is 3.03. The fourth-order valence-electron chi connectivity index (χ4n) is 4.36. The molecular weight excluding hydrogens is 366 g/mol. The molecule has 1 unspecified atom stereocenters. The SMILES string of the molecule is CS(=O)(=O)N1CCCC(O)(CNCC2CN(c3cc4c(nn3)CCC4)C2)C1. The number of hydrogen-bond donors (Lipinski definition) is 2. The predicted octanol–water partition coefficient (Wildman–Crippen LogP) is -0.222. The number of hydrogen-bond acceptors (Lipinski definition) is 7. The quantitative estimate of drug-likeness (QED) is 0.687. The van der Waals surface area contributed by atoms with Crippen LogP contribution < -0.4 is 10.2 Å². The standard InChI is InChI=1S/C18H29N5O3S/c1-27(25,26)23-7-3-6-18(24,13-23)12-19-9-14-10-22(11-14)17-8-15-4-2-5-16(15)20-21-17/h8,14,19,24H,2-7,9-13H2,1H3. The number of piperidine rings is 1. The summed E-state index contributed by atoms with van der Waals surface area (Å²) < 4.78 is 24.8. The average molecular weight is 396 g/mol. The molecule has 0 amide bonds. The molecule has 0 radical (unpaired) electrons. The number of sulfonamides is 1. The zero-order valence-electron chi connectivity index (χ0n) is 15.9. The van der Waals surface area contributed by atoms with E-state index in [2.05, 4.69) is 26.5 Å². The highest BCUT2D eigenvalue weighted by molar-refractivity contribution is 7.88. The smallest absolute Gasteiger partial charge is 0.211 e. The van der Waals surface area contributed by atoms with E-state index in [1.54, 1.807) is 0 Å². The van der Waals surface area contributed by atoms with E-state index in [4.69, 9.17) is 0 Å². The van der Waals surface area contributed by atoms with Crippen LogP contribution in [0, 0.1) is 5.92 Å². The third kappa shape index (κ3) is 4.26. The van der Waals surface area contributed by atoms with E-state index in [9.17, 15) is 13.5 Å². The van der Waals surface area contributed by atoms with Crippen molar-refractivity contribution < 1.29 is 13.5 Å². The number of fused-ring (bicyclic) bond motifs is 1. The topological polar surface area (TPSA) is 98.7 Å². The molecule has 150 valence electrons. The molecule has 3 aliphatic rings. The molecular formula is C18H29N5O3S. The first kappa shape index (κ1) is 19.0. The Labute approximate surface area is 161 Å². The first-order valence-electron chi connectivity index (χ1n) is 9.81. The molecule has 0 spiro atoms. The summed E-state index contributed by atoms with van der Waals surface area (Å²) in [4.78, 5) is 2.25. The van der Waals surface area contributed by atoms with E-state index < -0.39 is 15.6 Å². The van der Waals surface area contributed by atoms with Crippen LogP contribution in [0.2, 0.25) is 0 Å². The third-order valence-electron chi connectivity index (χ3n) is 5.96. The molecule has 2 saturated heterocycles. The minimum atomic E-state index is -3.25. The highest BCUT2D eigenvalue weighted by Crippen LogP contribution is 2.27. The van der Waals surface area contributed by atoms with Crippen LogP contribution in [-0.4, -0.2) is 79.2 Å². The molecule has 2 N–H and O–H groups in total. The molecule has 8 nitrogen and oxygen atoms in total. The fourth-order valence-corrected chi connectivity index (χ4v) is 5.30. The van der Waals surface area contributed by atoms with Crippen LogP contribution in [0.15, 0.2) is 6.07 Å². The van der Waals surface area contributed by atoms with Gasteiger partial charge in [-0.25, -0.2) is 8.42 Å². The Morgan fingerprint density at radius 1 is 1.30 bits per heavy atom. The van der Waals surface area contributed by atoms with Crippen molar-refractivity contribution in [2.45, 2.75) is 37.7 Å². The Morgan fingerprint density at radius 3 is 2.89 bits per heavy atom. The second-order valence-corrected chi connectivity index (χ2v) is 10.3.